The van der Waals surface area contributed by atoms with Crippen molar-refractivity contribution in [2.24, 2.45) is 5.92 Å². The zero-order valence-corrected chi connectivity index (χ0v) is 14.4. The minimum atomic E-state index is 0.634. The SMILES string of the molecule is COCCOCCC(CNC1CC1)Cc1ccc(Br)cc1. The van der Waals surface area contributed by atoms with Crippen molar-refractivity contribution in [3.05, 3.63) is 34.3 Å². The van der Waals surface area contributed by atoms with E-state index in [4.69, 9.17) is 9.47 Å². The average molecular weight is 356 g/mol. The van der Waals surface area contributed by atoms with Crippen LogP contribution in [0.15, 0.2) is 28.7 Å². The molecule has 1 atom stereocenters. The van der Waals surface area contributed by atoms with Crippen molar-refractivity contribution in [2.45, 2.75) is 31.7 Å². The van der Waals surface area contributed by atoms with E-state index in [-0.39, 0.29) is 0 Å². The fourth-order valence-electron chi connectivity index (χ4n) is 2.35. The van der Waals surface area contributed by atoms with E-state index in [1.807, 2.05) is 0 Å². The first-order chi connectivity index (χ1) is 10.3. The van der Waals surface area contributed by atoms with Crippen LogP contribution in [0.1, 0.15) is 24.8 Å². The lowest BCUT2D eigenvalue weighted by atomic mass is 9.96. The second-order valence-electron chi connectivity index (χ2n) is 5.77. The van der Waals surface area contributed by atoms with Gasteiger partial charge in [-0.25, -0.2) is 0 Å². The molecule has 1 aromatic rings. The summed E-state index contributed by atoms with van der Waals surface area (Å²) in [4.78, 5) is 0. The van der Waals surface area contributed by atoms with Crippen LogP contribution in [0, 0.1) is 5.92 Å². The third-order valence-corrected chi connectivity index (χ3v) is 4.34. The number of nitrogens with one attached hydrogen (secondary N) is 1. The molecule has 4 heteroatoms. The van der Waals surface area contributed by atoms with E-state index in [0.29, 0.717) is 19.1 Å². The van der Waals surface area contributed by atoms with Gasteiger partial charge in [-0.3, -0.25) is 0 Å². The first-order valence-corrected chi connectivity index (χ1v) is 8.61. The number of methoxy groups -OCH3 is 1. The molecule has 0 bridgehead atoms. The van der Waals surface area contributed by atoms with Gasteiger partial charge in [0.2, 0.25) is 0 Å². The van der Waals surface area contributed by atoms with Gasteiger partial charge in [-0.1, -0.05) is 28.1 Å². The Balaban J connectivity index is 1.74. The largest absolute Gasteiger partial charge is 0.382 e. The summed E-state index contributed by atoms with van der Waals surface area (Å²) >= 11 is 3.49. The molecular formula is C17H26BrNO2. The predicted octanol–water partition coefficient (Wildman–Crippen LogP) is 3.41. The van der Waals surface area contributed by atoms with E-state index in [1.165, 1.54) is 18.4 Å². The zero-order chi connectivity index (χ0) is 14.9. The minimum absolute atomic E-state index is 0.634. The molecule has 0 heterocycles. The van der Waals surface area contributed by atoms with Gasteiger partial charge in [-0.2, -0.15) is 0 Å². The average Bonchev–Trinajstić information content (AvgIpc) is 3.31. The van der Waals surface area contributed by atoms with Crippen LogP contribution in [0.4, 0.5) is 0 Å². The minimum Gasteiger partial charge on any atom is -0.382 e. The Bertz CT molecular complexity index is 392. The number of ether oxygens (including phenoxy) is 2. The molecular weight excluding hydrogens is 330 g/mol. The van der Waals surface area contributed by atoms with E-state index in [1.54, 1.807) is 7.11 Å². The highest BCUT2D eigenvalue weighted by Crippen LogP contribution is 2.21. The van der Waals surface area contributed by atoms with Gasteiger partial charge in [0.25, 0.3) is 0 Å². The molecule has 0 spiro atoms. The summed E-state index contributed by atoms with van der Waals surface area (Å²) in [6.07, 6.45) is 4.89. The van der Waals surface area contributed by atoms with Crippen LogP contribution in [-0.4, -0.2) is 39.5 Å². The highest BCUT2D eigenvalue weighted by atomic mass is 79.9. The van der Waals surface area contributed by atoms with Crippen molar-refractivity contribution in [1.29, 1.82) is 0 Å². The normalized spacial score (nSPS) is 16.1. The smallest absolute Gasteiger partial charge is 0.0700 e. The Morgan fingerprint density at radius 3 is 2.62 bits per heavy atom. The Morgan fingerprint density at radius 2 is 1.95 bits per heavy atom. The quantitative estimate of drug-likeness (QED) is 0.617. The van der Waals surface area contributed by atoms with Gasteiger partial charge in [0, 0.05) is 24.2 Å². The van der Waals surface area contributed by atoms with E-state index < -0.39 is 0 Å². The molecule has 0 saturated heterocycles. The maximum atomic E-state index is 5.62. The van der Waals surface area contributed by atoms with Gasteiger partial charge in [0.1, 0.15) is 0 Å². The predicted molar refractivity (Wildman–Crippen MR) is 89.7 cm³/mol. The lowest BCUT2D eigenvalue weighted by molar-refractivity contribution is 0.0636. The lowest BCUT2D eigenvalue weighted by Crippen LogP contribution is -2.27. The summed E-state index contributed by atoms with van der Waals surface area (Å²) in [5.74, 6) is 0.634. The molecule has 1 aliphatic rings. The molecule has 2 rings (SSSR count). The van der Waals surface area contributed by atoms with Crippen molar-refractivity contribution in [1.82, 2.24) is 5.32 Å². The van der Waals surface area contributed by atoms with Crippen molar-refractivity contribution in [3.63, 3.8) is 0 Å². The van der Waals surface area contributed by atoms with Crippen molar-refractivity contribution in [2.75, 3.05) is 33.5 Å². The molecule has 0 aliphatic heterocycles. The molecule has 3 nitrogen and oxygen atoms in total. The number of hydrogen-bond acceptors (Lipinski definition) is 3. The van der Waals surface area contributed by atoms with Crippen LogP contribution in [0.2, 0.25) is 0 Å². The van der Waals surface area contributed by atoms with Crippen LogP contribution < -0.4 is 5.32 Å². The highest BCUT2D eigenvalue weighted by Gasteiger charge is 2.22. The molecule has 0 aromatic heterocycles. The van der Waals surface area contributed by atoms with Gasteiger partial charge in [-0.15, -0.1) is 0 Å². The maximum Gasteiger partial charge on any atom is 0.0700 e. The van der Waals surface area contributed by atoms with Crippen LogP contribution in [0.5, 0.6) is 0 Å². The summed E-state index contributed by atoms with van der Waals surface area (Å²) in [5.41, 5.74) is 1.40. The Kier molecular flexibility index (Phi) is 7.72. The molecule has 1 N–H and O–H groups in total. The van der Waals surface area contributed by atoms with E-state index >= 15 is 0 Å². The maximum absolute atomic E-state index is 5.62. The topological polar surface area (TPSA) is 30.5 Å². The summed E-state index contributed by atoms with van der Waals surface area (Å²) < 4.78 is 11.8. The lowest BCUT2D eigenvalue weighted by Gasteiger charge is -2.18. The zero-order valence-electron chi connectivity index (χ0n) is 12.8. The Hall–Kier alpha value is -0.420. The van der Waals surface area contributed by atoms with Gasteiger partial charge in [-0.05, 0) is 55.8 Å². The Morgan fingerprint density at radius 1 is 1.19 bits per heavy atom. The Labute approximate surface area is 136 Å². The molecule has 0 amide bonds. The van der Waals surface area contributed by atoms with Crippen LogP contribution >= 0.6 is 15.9 Å². The molecule has 1 aromatic carbocycles. The van der Waals surface area contributed by atoms with Gasteiger partial charge < -0.3 is 14.8 Å². The first-order valence-electron chi connectivity index (χ1n) is 7.82. The van der Waals surface area contributed by atoms with E-state index in [9.17, 15) is 0 Å². The molecule has 1 saturated carbocycles. The number of rotatable bonds is 11. The summed E-state index contributed by atoms with van der Waals surface area (Å²) in [5, 5.41) is 3.65. The molecule has 21 heavy (non-hydrogen) atoms. The van der Waals surface area contributed by atoms with Crippen molar-refractivity contribution in [3.8, 4) is 0 Å². The number of halogens is 1. The number of hydrogen-bond donors (Lipinski definition) is 1. The van der Waals surface area contributed by atoms with Crippen LogP contribution in [0.3, 0.4) is 0 Å². The molecule has 0 radical (unpaired) electrons. The highest BCUT2D eigenvalue weighted by molar-refractivity contribution is 9.10. The van der Waals surface area contributed by atoms with Crippen molar-refractivity contribution < 1.29 is 9.47 Å². The second kappa shape index (κ2) is 9.57. The first kappa shape index (κ1) is 16.9. The molecule has 118 valence electrons. The van der Waals surface area contributed by atoms with Crippen LogP contribution in [-0.2, 0) is 15.9 Å². The summed E-state index contributed by atoms with van der Waals surface area (Å²) in [7, 11) is 1.71. The van der Waals surface area contributed by atoms with Gasteiger partial charge >= 0.3 is 0 Å². The fraction of sp³-hybridized carbons (Fsp3) is 0.647. The molecule has 1 aliphatic carbocycles. The monoisotopic (exact) mass is 355 g/mol. The summed E-state index contributed by atoms with van der Waals surface area (Å²) in [6.45, 7) is 3.28. The van der Waals surface area contributed by atoms with E-state index in [0.717, 1.165) is 36.5 Å². The van der Waals surface area contributed by atoms with Gasteiger partial charge in [0.15, 0.2) is 0 Å². The molecule has 1 unspecified atom stereocenters. The van der Waals surface area contributed by atoms with Crippen molar-refractivity contribution >= 4 is 15.9 Å². The molecule has 1 fully saturated rings. The standard InChI is InChI=1S/C17H26BrNO2/c1-20-10-11-21-9-8-15(13-19-17-6-7-17)12-14-2-4-16(18)5-3-14/h2-5,15,17,19H,6-13H2,1H3. The fourth-order valence-corrected chi connectivity index (χ4v) is 2.61. The second-order valence-corrected chi connectivity index (χ2v) is 6.69. The third kappa shape index (κ3) is 7.41. The summed E-state index contributed by atoms with van der Waals surface area (Å²) in [6, 6.07) is 9.43. The van der Waals surface area contributed by atoms with E-state index in [2.05, 4.69) is 45.5 Å². The van der Waals surface area contributed by atoms with Crippen LogP contribution in [0.25, 0.3) is 0 Å². The number of benzene rings is 1. The third-order valence-electron chi connectivity index (χ3n) is 3.81. The van der Waals surface area contributed by atoms with Gasteiger partial charge in [0.05, 0.1) is 13.2 Å².